The van der Waals surface area contributed by atoms with Crippen molar-refractivity contribution >= 4 is 17.6 Å². The molecule has 6 heteroatoms. The second kappa shape index (κ2) is 9.06. The second-order valence-electron chi connectivity index (χ2n) is 3.89. The van der Waals surface area contributed by atoms with Gasteiger partial charge in [-0.3, -0.25) is 4.79 Å². The molecule has 110 valence electrons. The molecule has 0 heterocycles. The molecule has 0 atom stereocenters. The highest BCUT2D eigenvalue weighted by Crippen LogP contribution is 2.10. The van der Waals surface area contributed by atoms with Crippen LogP contribution in [0.25, 0.3) is 0 Å². The number of nitrogens with one attached hydrogen (secondary N) is 1. The minimum Gasteiger partial charge on any atom is -0.462 e. The van der Waals surface area contributed by atoms with Crippen LogP contribution < -0.4 is 5.32 Å². The number of rotatable bonds is 8. The van der Waals surface area contributed by atoms with Crippen LogP contribution >= 0.6 is 0 Å². The highest BCUT2D eigenvalue weighted by atomic mass is 16.5. The Bertz CT molecular complexity index is 430. The van der Waals surface area contributed by atoms with E-state index in [4.69, 9.17) is 14.2 Å². The Morgan fingerprint density at radius 3 is 2.45 bits per heavy atom. The molecule has 0 aliphatic heterocycles. The Labute approximate surface area is 118 Å². The van der Waals surface area contributed by atoms with Gasteiger partial charge in [-0.25, -0.2) is 4.79 Å². The highest BCUT2D eigenvalue weighted by molar-refractivity contribution is 5.93. The summed E-state index contributed by atoms with van der Waals surface area (Å²) in [5.74, 6) is -0.640. The van der Waals surface area contributed by atoms with E-state index in [1.54, 1.807) is 38.3 Å². The van der Waals surface area contributed by atoms with Gasteiger partial charge in [-0.1, -0.05) is 0 Å². The summed E-state index contributed by atoms with van der Waals surface area (Å²) < 4.78 is 14.8. The number of benzene rings is 1. The topological polar surface area (TPSA) is 73.9 Å². The number of amides is 1. The number of hydrogen-bond acceptors (Lipinski definition) is 5. The van der Waals surface area contributed by atoms with Gasteiger partial charge in [-0.05, 0) is 31.2 Å². The summed E-state index contributed by atoms with van der Waals surface area (Å²) in [6.07, 6.45) is 0. The quantitative estimate of drug-likeness (QED) is 0.577. The van der Waals surface area contributed by atoms with E-state index in [2.05, 4.69) is 5.32 Å². The molecule has 6 nitrogen and oxygen atoms in total. The van der Waals surface area contributed by atoms with E-state index in [1.807, 2.05) is 0 Å². The minimum absolute atomic E-state index is 0.0387. The van der Waals surface area contributed by atoms with E-state index in [1.165, 1.54) is 0 Å². The first-order valence-corrected chi connectivity index (χ1v) is 6.31. The van der Waals surface area contributed by atoms with Gasteiger partial charge in [0.2, 0.25) is 5.91 Å². The van der Waals surface area contributed by atoms with Gasteiger partial charge in [0.1, 0.15) is 6.61 Å². The lowest BCUT2D eigenvalue weighted by molar-refractivity contribution is -0.121. The Morgan fingerprint density at radius 1 is 1.15 bits per heavy atom. The predicted molar refractivity (Wildman–Crippen MR) is 73.7 cm³/mol. The molecule has 20 heavy (non-hydrogen) atoms. The van der Waals surface area contributed by atoms with E-state index < -0.39 is 0 Å². The maximum absolute atomic E-state index is 11.5. The summed E-state index contributed by atoms with van der Waals surface area (Å²) in [6.45, 7) is 2.85. The maximum atomic E-state index is 11.5. The summed E-state index contributed by atoms with van der Waals surface area (Å²) in [6, 6.07) is 6.47. The lowest BCUT2D eigenvalue weighted by Crippen LogP contribution is -2.19. The monoisotopic (exact) mass is 281 g/mol. The molecule has 1 rings (SSSR count). The van der Waals surface area contributed by atoms with Crippen LogP contribution in [0.2, 0.25) is 0 Å². The van der Waals surface area contributed by atoms with E-state index in [0.717, 1.165) is 0 Å². The molecule has 0 fully saturated rings. The second-order valence-corrected chi connectivity index (χ2v) is 3.89. The van der Waals surface area contributed by atoms with Crippen LogP contribution in [0.1, 0.15) is 17.3 Å². The maximum Gasteiger partial charge on any atom is 0.338 e. The summed E-state index contributed by atoms with van der Waals surface area (Å²) in [5.41, 5.74) is 1.04. The fraction of sp³-hybridized carbons (Fsp3) is 0.429. The van der Waals surface area contributed by atoms with Crippen molar-refractivity contribution in [2.45, 2.75) is 6.92 Å². The van der Waals surface area contributed by atoms with Gasteiger partial charge in [0.15, 0.2) is 0 Å². The fourth-order valence-corrected chi connectivity index (χ4v) is 1.41. The molecule has 1 N–H and O–H groups in total. The SMILES string of the molecule is CCOC(=O)c1ccc(NC(=O)COCCOC)cc1. The van der Waals surface area contributed by atoms with Crippen molar-refractivity contribution < 1.29 is 23.8 Å². The third-order valence-corrected chi connectivity index (χ3v) is 2.34. The number of esters is 1. The van der Waals surface area contributed by atoms with Crippen molar-refractivity contribution in [2.24, 2.45) is 0 Å². The van der Waals surface area contributed by atoms with E-state index in [9.17, 15) is 9.59 Å². The molecular weight excluding hydrogens is 262 g/mol. The van der Waals surface area contributed by atoms with Gasteiger partial charge in [0.05, 0.1) is 25.4 Å². The van der Waals surface area contributed by atoms with Crippen molar-refractivity contribution in [3.8, 4) is 0 Å². The van der Waals surface area contributed by atoms with Crippen LogP contribution in [-0.2, 0) is 19.0 Å². The third kappa shape index (κ3) is 5.81. The van der Waals surface area contributed by atoms with Crippen molar-refractivity contribution in [3.63, 3.8) is 0 Å². The average molecular weight is 281 g/mol. The molecule has 0 radical (unpaired) electrons. The minimum atomic E-state index is -0.381. The molecule has 0 aromatic heterocycles. The number of hydrogen-bond donors (Lipinski definition) is 1. The fourth-order valence-electron chi connectivity index (χ4n) is 1.41. The molecule has 0 bridgehead atoms. The highest BCUT2D eigenvalue weighted by Gasteiger charge is 2.07. The lowest BCUT2D eigenvalue weighted by atomic mass is 10.2. The molecule has 0 aliphatic rings. The zero-order valence-electron chi connectivity index (χ0n) is 11.7. The van der Waals surface area contributed by atoms with Crippen LogP contribution in [0.5, 0.6) is 0 Å². The van der Waals surface area contributed by atoms with Crippen LogP contribution in [0.4, 0.5) is 5.69 Å². The molecule has 0 saturated heterocycles. The van der Waals surface area contributed by atoms with Gasteiger partial charge < -0.3 is 19.5 Å². The first-order chi connectivity index (χ1) is 9.67. The molecule has 0 unspecified atom stereocenters. The Kier molecular flexibility index (Phi) is 7.31. The number of carbonyl (C=O) groups is 2. The van der Waals surface area contributed by atoms with Gasteiger partial charge in [0.25, 0.3) is 0 Å². The molecule has 0 aliphatic carbocycles. The summed E-state index contributed by atoms with van der Waals surface area (Å²) in [4.78, 5) is 23.0. The number of ether oxygens (including phenoxy) is 3. The standard InChI is InChI=1S/C14H19NO5/c1-3-20-14(17)11-4-6-12(7-5-11)15-13(16)10-19-9-8-18-2/h4-7H,3,8-10H2,1-2H3,(H,15,16). The molecule has 0 spiro atoms. The summed E-state index contributed by atoms with van der Waals surface area (Å²) in [7, 11) is 1.56. The lowest BCUT2D eigenvalue weighted by Gasteiger charge is -2.07. The first-order valence-electron chi connectivity index (χ1n) is 6.31. The van der Waals surface area contributed by atoms with Crippen LogP contribution in [0.15, 0.2) is 24.3 Å². The van der Waals surface area contributed by atoms with Gasteiger partial charge >= 0.3 is 5.97 Å². The van der Waals surface area contributed by atoms with Crippen LogP contribution in [0.3, 0.4) is 0 Å². The Hall–Kier alpha value is -1.92. The first kappa shape index (κ1) is 16.1. The van der Waals surface area contributed by atoms with E-state index >= 15 is 0 Å². The number of carbonyl (C=O) groups excluding carboxylic acids is 2. The molecular formula is C14H19NO5. The number of anilines is 1. The predicted octanol–water partition coefficient (Wildman–Crippen LogP) is 1.46. The van der Waals surface area contributed by atoms with Crippen LogP contribution in [0, 0.1) is 0 Å². The Balaban J connectivity index is 2.41. The third-order valence-electron chi connectivity index (χ3n) is 2.34. The summed E-state index contributed by atoms with van der Waals surface area (Å²) in [5, 5.41) is 2.66. The van der Waals surface area contributed by atoms with E-state index in [-0.39, 0.29) is 18.5 Å². The molecule has 1 aromatic rings. The van der Waals surface area contributed by atoms with Crippen molar-refractivity contribution in [3.05, 3.63) is 29.8 Å². The normalized spacial score (nSPS) is 10.1. The Morgan fingerprint density at radius 2 is 1.85 bits per heavy atom. The van der Waals surface area contributed by atoms with Crippen molar-refractivity contribution in [2.75, 3.05) is 38.9 Å². The molecule has 1 amide bonds. The van der Waals surface area contributed by atoms with Gasteiger partial charge in [0, 0.05) is 12.8 Å². The zero-order chi connectivity index (χ0) is 14.8. The summed E-state index contributed by atoms with van der Waals surface area (Å²) >= 11 is 0. The average Bonchev–Trinajstić information content (AvgIpc) is 2.45. The van der Waals surface area contributed by atoms with Crippen molar-refractivity contribution in [1.29, 1.82) is 0 Å². The molecule has 1 aromatic carbocycles. The van der Waals surface area contributed by atoms with E-state index in [0.29, 0.717) is 31.1 Å². The largest absolute Gasteiger partial charge is 0.462 e. The van der Waals surface area contributed by atoms with Gasteiger partial charge in [-0.15, -0.1) is 0 Å². The number of methoxy groups -OCH3 is 1. The van der Waals surface area contributed by atoms with Crippen molar-refractivity contribution in [1.82, 2.24) is 0 Å². The van der Waals surface area contributed by atoms with Gasteiger partial charge in [-0.2, -0.15) is 0 Å². The van der Waals surface area contributed by atoms with Crippen LogP contribution in [-0.4, -0.2) is 45.4 Å². The molecule has 0 saturated carbocycles. The smallest absolute Gasteiger partial charge is 0.338 e. The zero-order valence-corrected chi connectivity index (χ0v) is 11.7.